The van der Waals surface area contributed by atoms with Gasteiger partial charge in [0.15, 0.2) is 0 Å². The van der Waals surface area contributed by atoms with Crippen molar-refractivity contribution in [3.63, 3.8) is 0 Å². The van der Waals surface area contributed by atoms with Gasteiger partial charge in [-0.05, 0) is 37.0 Å². The van der Waals surface area contributed by atoms with Crippen LogP contribution in [0, 0.1) is 0 Å². The van der Waals surface area contributed by atoms with E-state index in [1.165, 1.54) is 36.9 Å². The van der Waals surface area contributed by atoms with E-state index < -0.39 is 0 Å². The van der Waals surface area contributed by atoms with Crippen LogP contribution in [0.15, 0.2) is 24.3 Å². The van der Waals surface area contributed by atoms with Crippen LogP contribution in [-0.4, -0.2) is 13.1 Å². The van der Waals surface area contributed by atoms with Crippen molar-refractivity contribution in [1.82, 2.24) is 0 Å². The zero-order valence-electron chi connectivity index (χ0n) is 12.9. The molecule has 0 spiro atoms. The highest BCUT2D eigenvalue weighted by atomic mass is 15.1. The molecular formula is C17H30N2. The molecule has 0 aliphatic heterocycles. The second kappa shape index (κ2) is 8.98. The van der Waals surface area contributed by atoms with E-state index in [1.54, 1.807) is 0 Å². The fourth-order valence-corrected chi connectivity index (χ4v) is 2.24. The van der Waals surface area contributed by atoms with Crippen molar-refractivity contribution in [3.05, 3.63) is 29.8 Å². The summed E-state index contributed by atoms with van der Waals surface area (Å²) in [7, 11) is 0. The molecule has 0 aliphatic rings. The van der Waals surface area contributed by atoms with Crippen LogP contribution in [0.25, 0.3) is 0 Å². The fourth-order valence-electron chi connectivity index (χ4n) is 2.24. The van der Waals surface area contributed by atoms with E-state index in [0.717, 1.165) is 19.5 Å². The Bertz CT molecular complexity index is 324. The molecule has 2 N–H and O–H groups in total. The van der Waals surface area contributed by atoms with E-state index in [1.807, 2.05) is 0 Å². The van der Waals surface area contributed by atoms with Crippen molar-refractivity contribution in [2.75, 3.05) is 18.0 Å². The van der Waals surface area contributed by atoms with Crippen LogP contribution in [0.4, 0.5) is 5.69 Å². The van der Waals surface area contributed by atoms with Gasteiger partial charge in [-0.25, -0.2) is 0 Å². The number of anilines is 1. The minimum absolute atomic E-state index is 0.175. The fraction of sp³-hybridized carbons (Fsp3) is 0.647. The summed E-state index contributed by atoms with van der Waals surface area (Å²) in [5, 5.41) is 0. The Kier molecular flexibility index (Phi) is 7.57. The quantitative estimate of drug-likeness (QED) is 0.710. The standard InChI is InChI=1S/C17H30N2/c1-4-7-13-19(14-8-5-2)16-11-9-15(10-12-16)17(18)6-3/h9-12,17H,4-8,13-14,18H2,1-3H3/t17-/m1/s1. The molecule has 0 fully saturated rings. The van der Waals surface area contributed by atoms with E-state index in [-0.39, 0.29) is 6.04 Å². The Hall–Kier alpha value is -1.02. The molecule has 0 aromatic heterocycles. The maximum absolute atomic E-state index is 6.07. The lowest BCUT2D eigenvalue weighted by atomic mass is 10.0. The largest absolute Gasteiger partial charge is 0.372 e. The van der Waals surface area contributed by atoms with Gasteiger partial charge in [-0.1, -0.05) is 45.7 Å². The normalized spacial score (nSPS) is 12.4. The zero-order valence-corrected chi connectivity index (χ0v) is 12.9. The van der Waals surface area contributed by atoms with Gasteiger partial charge in [0.2, 0.25) is 0 Å². The molecule has 0 amide bonds. The van der Waals surface area contributed by atoms with Gasteiger partial charge in [0.1, 0.15) is 0 Å². The van der Waals surface area contributed by atoms with Crippen LogP contribution in [0.5, 0.6) is 0 Å². The van der Waals surface area contributed by atoms with Gasteiger partial charge in [-0.2, -0.15) is 0 Å². The first-order valence-corrected chi connectivity index (χ1v) is 7.83. The lowest BCUT2D eigenvalue weighted by molar-refractivity contribution is 0.676. The van der Waals surface area contributed by atoms with Crippen LogP contribution < -0.4 is 10.6 Å². The zero-order chi connectivity index (χ0) is 14.1. The number of hydrogen-bond acceptors (Lipinski definition) is 2. The summed E-state index contributed by atoms with van der Waals surface area (Å²) in [6.07, 6.45) is 6.03. The molecule has 19 heavy (non-hydrogen) atoms. The first-order valence-electron chi connectivity index (χ1n) is 7.83. The maximum Gasteiger partial charge on any atom is 0.0366 e. The van der Waals surface area contributed by atoms with Crippen LogP contribution in [0.3, 0.4) is 0 Å². The van der Waals surface area contributed by atoms with E-state index in [9.17, 15) is 0 Å². The summed E-state index contributed by atoms with van der Waals surface area (Å²) < 4.78 is 0. The molecule has 0 heterocycles. The second-order valence-corrected chi connectivity index (χ2v) is 5.30. The predicted molar refractivity (Wildman–Crippen MR) is 85.7 cm³/mol. The van der Waals surface area contributed by atoms with Crippen molar-refractivity contribution >= 4 is 5.69 Å². The third kappa shape index (κ3) is 5.23. The number of rotatable bonds is 9. The van der Waals surface area contributed by atoms with Crippen LogP contribution >= 0.6 is 0 Å². The Morgan fingerprint density at radius 3 is 1.89 bits per heavy atom. The van der Waals surface area contributed by atoms with Gasteiger partial charge >= 0.3 is 0 Å². The van der Waals surface area contributed by atoms with Crippen LogP contribution in [0.1, 0.15) is 64.5 Å². The molecule has 108 valence electrons. The van der Waals surface area contributed by atoms with E-state index in [2.05, 4.69) is 49.9 Å². The molecule has 0 radical (unpaired) electrons. The Balaban J connectivity index is 2.71. The SMILES string of the molecule is CCCCN(CCCC)c1ccc([C@H](N)CC)cc1. The number of nitrogens with two attached hydrogens (primary N) is 1. The summed E-state index contributed by atoms with van der Waals surface area (Å²) in [6, 6.07) is 9.02. The van der Waals surface area contributed by atoms with E-state index >= 15 is 0 Å². The number of nitrogens with zero attached hydrogens (tertiary/aromatic N) is 1. The highest BCUT2D eigenvalue weighted by molar-refractivity contribution is 5.48. The predicted octanol–water partition coefficient (Wildman–Crippen LogP) is 4.50. The Morgan fingerprint density at radius 1 is 0.947 bits per heavy atom. The maximum atomic E-state index is 6.07. The minimum atomic E-state index is 0.175. The molecule has 2 nitrogen and oxygen atoms in total. The van der Waals surface area contributed by atoms with Gasteiger partial charge < -0.3 is 10.6 Å². The molecule has 2 heteroatoms. The average molecular weight is 262 g/mol. The average Bonchev–Trinajstić information content (AvgIpc) is 2.47. The summed E-state index contributed by atoms with van der Waals surface area (Å²) in [4.78, 5) is 2.51. The van der Waals surface area contributed by atoms with Crippen molar-refractivity contribution in [3.8, 4) is 0 Å². The monoisotopic (exact) mass is 262 g/mol. The topological polar surface area (TPSA) is 29.3 Å². The highest BCUT2D eigenvalue weighted by Crippen LogP contribution is 2.20. The lowest BCUT2D eigenvalue weighted by Gasteiger charge is -2.25. The smallest absolute Gasteiger partial charge is 0.0366 e. The first kappa shape index (κ1) is 16.0. The molecule has 0 saturated carbocycles. The Morgan fingerprint density at radius 2 is 1.47 bits per heavy atom. The molecule has 1 aromatic rings. The van der Waals surface area contributed by atoms with Crippen LogP contribution in [0.2, 0.25) is 0 Å². The number of benzene rings is 1. The number of hydrogen-bond donors (Lipinski definition) is 1. The Labute approximate surface area is 119 Å². The highest BCUT2D eigenvalue weighted by Gasteiger charge is 2.07. The summed E-state index contributed by atoms with van der Waals surface area (Å²) in [6.45, 7) is 8.96. The molecule has 0 aliphatic carbocycles. The van der Waals surface area contributed by atoms with Crippen molar-refractivity contribution < 1.29 is 0 Å². The van der Waals surface area contributed by atoms with E-state index in [0.29, 0.717) is 0 Å². The van der Waals surface area contributed by atoms with Gasteiger partial charge in [-0.15, -0.1) is 0 Å². The van der Waals surface area contributed by atoms with Crippen molar-refractivity contribution in [1.29, 1.82) is 0 Å². The molecule has 0 bridgehead atoms. The van der Waals surface area contributed by atoms with Crippen LogP contribution in [-0.2, 0) is 0 Å². The summed E-state index contributed by atoms with van der Waals surface area (Å²) >= 11 is 0. The third-order valence-electron chi connectivity index (χ3n) is 3.69. The molecule has 1 aromatic carbocycles. The summed E-state index contributed by atoms with van der Waals surface area (Å²) in [5.74, 6) is 0. The third-order valence-corrected chi connectivity index (χ3v) is 3.69. The van der Waals surface area contributed by atoms with E-state index in [4.69, 9.17) is 5.73 Å². The molecular weight excluding hydrogens is 232 g/mol. The molecule has 0 unspecified atom stereocenters. The van der Waals surface area contributed by atoms with Gasteiger partial charge in [0.25, 0.3) is 0 Å². The van der Waals surface area contributed by atoms with Crippen molar-refractivity contribution in [2.24, 2.45) is 5.73 Å². The number of unbranched alkanes of at least 4 members (excludes halogenated alkanes) is 2. The van der Waals surface area contributed by atoms with Gasteiger partial charge in [0.05, 0.1) is 0 Å². The molecule has 0 saturated heterocycles. The minimum Gasteiger partial charge on any atom is -0.372 e. The van der Waals surface area contributed by atoms with Gasteiger partial charge in [-0.3, -0.25) is 0 Å². The summed E-state index contributed by atoms with van der Waals surface area (Å²) in [5.41, 5.74) is 8.66. The molecule has 1 rings (SSSR count). The molecule has 1 atom stereocenters. The lowest BCUT2D eigenvalue weighted by Crippen LogP contribution is -2.25. The van der Waals surface area contributed by atoms with Gasteiger partial charge in [0, 0.05) is 24.8 Å². The van der Waals surface area contributed by atoms with Crippen molar-refractivity contribution in [2.45, 2.75) is 58.9 Å². The first-order chi connectivity index (χ1) is 9.22. The second-order valence-electron chi connectivity index (χ2n) is 5.30.